The minimum atomic E-state index is -1.75. The molecule has 0 fully saturated rings. The first-order valence-electron chi connectivity index (χ1n) is 11.1. The molecule has 0 amide bonds. The largest absolute Gasteiger partial charge is 0.365 e. The molecule has 2 aromatic rings. The molecule has 0 heterocycles. The molecule has 268 valence electrons. The highest BCUT2D eigenvalue weighted by molar-refractivity contribution is 5.89. The zero-order valence-electron chi connectivity index (χ0n) is 23.6. The first-order valence-corrected chi connectivity index (χ1v) is 11.1. The Morgan fingerprint density at radius 3 is 0.800 bits per heavy atom. The lowest BCUT2D eigenvalue weighted by Gasteiger charge is -1.98. The Bertz CT molecular complexity index is 1590. The van der Waals surface area contributed by atoms with Crippen molar-refractivity contribution in [2.75, 3.05) is 0 Å². The van der Waals surface area contributed by atoms with Gasteiger partial charge in [0.05, 0.1) is 64.0 Å². The van der Waals surface area contributed by atoms with Crippen molar-refractivity contribution in [1.82, 2.24) is 0 Å². The van der Waals surface area contributed by atoms with Gasteiger partial charge >= 0.3 is 0 Å². The number of nitrogens with zero attached hydrogens (tertiary/aromatic N) is 10. The van der Waals surface area contributed by atoms with E-state index in [1.807, 2.05) is 0 Å². The Morgan fingerprint density at radius 2 is 0.660 bits per heavy atom. The highest BCUT2D eigenvalue weighted by atomic mass is 16.9. The predicted molar refractivity (Wildman–Crippen MR) is 157 cm³/mol. The summed E-state index contributed by atoms with van der Waals surface area (Å²) in [5.41, 5.74) is 14.1. The van der Waals surface area contributed by atoms with Crippen LogP contribution in [0.25, 0.3) is 0 Å². The summed E-state index contributed by atoms with van der Waals surface area (Å²) in [4.78, 5) is 75.4. The number of nitrogens with one attached hydrogen (secondary N) is 2. The van der Waals surface area contributed by atoms with Gasteiger partial charge in [-0.15, -0.1) is 10.2 Å². The van der Waals surface area contributed by atoms with Crippen LogP contribution in [0, 0.1) is 91.3 Å². The van der Waals surface area contributed by atoms with Gasteiger partial charge < -0.3 is 53.6 Å². The van der Waals surface area contributed by atoms with E-state index in [0.717, 1.165) is 12.4 Å². The Morgan fingerprint density at radius 1 is 0.460 bits per heavy atom. The summed E-state index contributed by atoms with van der Waals surface area (Å²) in [7, 11) is 0. The van der Waals surface area contributed by atoms with Crippen LogP contribution >= 0.6 is 0 Å². The Hall–Kier alpha value is -8.88. The van der Waals surface area contributed by atoms with Crippen LogP contribution in [0.5, 0.6) is 0 Å². The second kappa shape index (κ2) is 20.2. The van der Waals surface area contributed by atoms with Gasteiger partial charge in [-0.3, -0.25) is 60.7 Å². The molecule has 0 bridgehead atoms. The molecule has 0 spiro atoms. The van der Waals surface area contributed by atoms with Gasteiger partial charge in [-0.25, -0.2) is 0 Å². The van der Waals surface area contributed by atoms with Crippen molar-refractivity contribution in [3.8, 4) is 0 Å². The SMILES string of the molecule is NC(N)=N/[NH+]=C/c1c([N+](=O)[O-])cc([N+](=O)[O-])cc1[N+](=O)[O-].NC(N)=N/[NH+]=C/c1c([N+](=O)[O-])cc([N+](=O)[O-])cc1[N+](=O)[O-].O=[N+]([O-])[O-].O=[N+]([O-])[O-]. The summed E-state index contributed by atoms with van der Waals surface area (Å²) in [5.74, 6) is -0.836. The van der Waals surface area contributed by atoms with Crippen LogP contribution in [0.2, 0.25) is 0 Å². The third-order valence-corrected chi connectivity index (χ3v) is 4.26. The molecule has 0 aliphatic heterocycles. The molecule has 34 heteroatoms. The average Bonchev–Trinajstić information content (AvgIpc) is 2.95. The molecule has 0 saturated carbocycles. The second-order valence-corrected chi connectivity index (χ2v) is 7.41. The van der Waals surface area contributed by atoms with Crippen LogP contribution < -0.4 is 33.1 Å². The third-order valence-electron chi connectivity index (χ3n) is 4.26. The van der Waals surface area contributed by atoms with Gasteiger partial charge in [-0.05, 0) is 0 Å². The van der Waals surface area contributed by atoms with Gasteiger partial charge in [-0.2, -0.15) is 0 Å². The van der Waals surface area contributed by atoms with Crippen LogP contribution in [-0.2, 0) is 0 Å². The van der Waals surface area contributed by atoms with Crippen LogP contribution in [0.15, 0.2) is 34.5 Å². The number of nitro groups is 6. The maximum Gasteiger partial charge on any atom is 0.296 e. The smallest absolute Gasteiger partial charge is 0.296 e. The van der Waals surface area contributed by atoms with Gasteiger partial charge in [0.2, 0.25) is 12.4 Å². The van der Waals surface area contributed by atoms with Crippen LogP contribution in [0.1, 0.15) is 11.1 Å². The molecule has 0 atom stereocenters. The number of nitro benzene ring substituents is 6. The minimum Gasteiger partial charge on any atom is -0.365 e. The highest BCUT2D eigenvalue weighted by Gasteiger charge is 2.32. The molecule has 0 saturated heterocycles. The monoisotopic (exact) mass is 720 g/mol. The maximum absolute atomic E-state index is 10.9. The Labute approximate surface area is 269 Å². The first-order chi connectivity index (χ1) is 22.9. The van der Waals surface area contributed by atoms with E-state index in [1.54, 1.807) is 0 Å². The molecule has 2 rings (SSSR count). The number of guanidine groups is 2. The van der Waals surface area contributed by atoms with Crippen molar-refractivity contribution in [1.29, 1.82) is 0 Å². The second-order valence-electron chi connectivity index (χ2n) is 7.41. The normalized spacial score (nSPS) is 9.60. The van der Waals surface area contributed by atoms with Crippen molar-refractivity contribution in [2.45, 2.75) is 0 Å². The molecule has 0 unspecified atom stereocenters. The summed E-state index contributed by atoms with van der Waals surface area (Å²) >= 11 is 0. The number of benzene rings is 2. The van der Waals surface area contributed by atoms with Crippen molar-refractivity contribution < 1.29 is 49.9 Å². The van der Waals surface area contributed by atoms with Crippen molar-refractivity contribution >= 4 is 58.5 Å². The van der Waals surface area contributed by atoms with Gasteiger partial charge in [0.15, 0.2) is 11.1 Å². The molecule has 0 aliphatic rings. The van der Waals surface area contributed by atoms with E-state index in [2.05, 4.69) is 20.4 Å². The lowest BCUT2D eigenvalue weighted by molar-refractivity contribution is -0.458. The minimum absolute atomic E-state index is 0.418. The highest BCUT2D eigenvalue weighted by Crippen LogP contribution is 2.33. The van der Waals surface area contributed by atoms with Crippen LogP contribution in [0.4, 0.5) is 34.1 Å². The molecular formula is C16H16N16O18. The first kappa shape index (κ1) is 43.2. The van der Waals surface area contributed by atoms with Crippen molar-refractivity contribution in [3.05, 3.63) is 127 Å². The van der Waals surface area contributed by atoms with Crippen LogP contribution in [-0.4, -0.2) is 64.1 Å². The summed E-state index contributed by atoms with van der Waals surface area (Å²) in [6.07, 6.45) is 1.58. The van der Waals surface area contributed by atoms with E-state index >= 15 is 0 Å². The summed E-state index contributed by atoms with van der Waals surface area (Å²) < 4.78 is 0. The Balaban J connectivity index is 0. The lowest BCUT2D eigenvalue weighted by Crippen LogP contribution is -2.63. The third kappa shape index (κ3) is 16.3. The molecular weight excluding hydrogens is 704 g/mol. The molecule has 10 N–H and O–H groups in total. The van der Waals surface area contributed by atoms with Crippen molar-refractivity contribution in [2.24, 2.45) is 33.1 Å². The number of nitrogens with two attached hydrogens (primary N) is 4. The average molecular weight is 720 g/mol. The van der Waals surface area contributed by atoms with E-state index in [-0.39, 0.29) is 0 Å². The lowest BCUT2D eigenvalue weighted by atomic mass is 10.1. The van der Waals surface area contributed by atoms with E-state index in [0.29, 0.717) is 24.3 Å². The Kier molecular flexibility index (Phi) is 17.5. The fourth-order valence-electron chi connectivity index (χ4n) is 2.67. The van der Waals surface area contributed by atoms with E-state index < -0.39 is 96.9 Å². The molecule has 0 aliphatic carbocycles. The molecule has 50 heavy (non-hydrogen) atoms. The standard InChI is InChI=1S/2C8H7N7O6.2NO3/c2*9-8(10)12-11-3-5-6(14(18)19)1-4(13(16)17)2-7(5)15(20)21;2*2-1(3)4/h2*1-3H,(H4,9,10,12);;/q;;2*-1/p+2/b2*11-3+;;. The number of rotatable bonds is 10. The quantitative estimate of drug-likeness (QED) is 0.0585. The number of non-ortho nitro benzene ring substituents is 2. The van der Waals surface area contributed by atoms with E-state index in [9.17, 15) is 60.7 Å². The van der Waals surface area contributed by atoms with Crippen molar-refractivity contribution in [3.63, 3.8) is 0 Å². The zero-order valence-corrected chi connectivity index (χ0v) is 23.6. The summed E-state index contributed by atoms with van der Waals surface area (Å²) in [5, 5.41) is 105. The van der Waals surface area contributed by atoms with Gasteiger partial charge in [0.1, 0.15) is 0 Å². The van der Waals surface area contributed by atoms with Gasteiger partial charge in [-0.1, -0.05) is 0 Å². The topological polar surface area (TPSA) is 548 Å². The van der Waals surface area contributed by atoms with Gasteiger partial charge in [0, 0.05) is 10.2 Å². The number of hydrazone groups is 2. The van der Waals surface area contributed by atoms with E-state index in [4.69, 9.17) is 53.6 Å². The number of hydrogen-bond acceptors (Lipinski definition) is 20. The summed E-state index contributed by atoms with van der Waals surface area (Å²) in [6, 6.07) is 2.37. The number of hydrogen-bond donors (Lipinski definition) is 6. The van der Waals surface area contributed by atoms with Crippen LogP contribution in [0.3, 0.4) is 0 Å². The molecule has 0 aromatic heterocycles. The molecule has 34 nitrogen and oxygen atoms in total. The molecule has 2 aromatic carbocycles. The zero-order chi connectivity index (χ0) is 39.5. The van der Waals surface area contributed by atoms with Gasteiger partial charge in [0.25, 0.3) is 46.0 Å². The summed E-state index contributed by atoms with van der Waals surface area (Å²) in [6.45, 7) is 0. The fourth-order valence-corrected chi connectivity index (χ4v) is 2.67. The maximum atomic E-state index is 10.9. The van der Waals surface area contributed by atoms with E-state index in [1.165, 1.54) is 0 Å². The molecule has 0 radical (unpaired) electrons. The predicted octanol–water partition coefficient (Wildman–Crippen LogP) is -4.28. The fraction of sp³-hybridized carbons (Fsp3) is 0.